The van der Waals surface area contributed by atoms with Crippen LogP contribution in [0.25, 0.3) is 0 Å². The third kappa shape index (κ3) is 3.30. The molecule has 3 N–H and O–H groups in total. The van der Waals surface area contributed by atoms with Crippen LogP contribution in [0.3, 0.4) is 0 Å². The van der Waals surface area contributed by atoms with E-state index in [-0.39, 0.29) is 0 Å². The highest BCUT2D eigenvalue weighted by molar-refractivity contribution is 7.09. The van der Waals surface area contributed by atoms with Gasteiger partial charge in [-0.05, 0) is 30.7 Å². The maximum absolute atomic E-state index is 6.08. The van der Waals surface area contributed by atoms with Crippen LogP contribution in [0.5, 0.6) is 0 Å². The molecule has 0 unspecified atom stereocenters. The molecule has 0 radical (unpaired) electrons. The molecule has 2 rings (SSSR count). The van der Waals surface area contributed by atoms with E-state index < -0.39 is 0 Å². The Morgan fingerprint density at radius 2 is 2.27 bits per heavy atom. The zero-order valence-corrected chi connectivity index (χ0v) is 9.93. The van der Waals surface area contributed by atoms with Gasteiger partial charge in [0, 0.05) is 23.5 Å². The van der Waals surface area contributed by atoms with Gasteiger partial charge in [-0.3, -0.25) is 0 Å². The summed E-state index contributed by atoms with van der Waals surface area (Å²) in [7, 11) is 0. The highest BCUT2D eigenvalue weighted by atomic mass is 32.1. The summed E-state index contributed by atoms with van der Waals surface area (Å²) in [6.07, 6.45) is 6.23. The Morgan fingerprint density at radius 1 is 1.40 bits per heavy atom. The zero-order valence-electron chi connectivity index (χ0n) is 9.11. The quantitative estimate of drug-likeness (QED) is 0.822. The molecule has 1 aliphatic carbocycles. The van der Waals surface area contributed by atoms with Crippen molar-refractivity contribution in [3.63, 3.8) is 0 Å². The topological polar surface area (TPSA) is 38.0 Å². The molecule has 1 aromatic heterocycles. The molecule has 0 aromatic carbocycles. The van der Waals surface area contributed by atoms with Crippen molar-refractivity contribution in [2.75, 3.05) is 6.54 Å². The van der Waals surface area contributed by atoms with E-state index in [2.05, 4.69) is 22.8 Å². The van der Waals surface area contributed by atoms with E-state index in [1.165, 1.54) is 30.6 Å². The number of rotatable bonds is 4. The molecule has 1 heterocycles. The van der Waals surface area contributed by atoms with Gasteiger partial charge in [0.1, 0.15) is 0 Å². The van der Waals surface area contributed by atoms with Gasteiger partial charge < -0.3 is 11.1 Å². The first-order valence-electron chi connectivity index (χ1n) is 5.87. The summed E-state index contributed by atoms with van der Waals surface area (Å²) in [6.45, 7) is 1.07. The van der Waals surface area contributed by atoms with Crippen LogP contribution in [0.1, 0.15) is 30.6 Å². The lowest BCUT2D eigenvalue weighted by Gasteiger charge is -2.29. The molecule has 1 aliphatic rings. The van der Waals surface area contributed by atoms with E-state index in [0.717, 1.165) is 13.0 Å². The molecule has 0 bridgehead atoms. The van der Waals surface area contributed by atoms with Crippen molar-refractivity contribution in [3.05, 3.63) is 22.4 Å². The fourth-order valence-corrected chi connectivity index (χ4v) is 2.96. The van der Waals surface area contributed by atoms with Crippen molar-refractivity contribution in [1.29, 1.82) is 0 Å². The Balaban J connectivity index is 1.68. The molecule has 2 atom stereocenters. The lowest BCUT2D eigenvalue weighted by molar-refractivity contribution is 0.330. The minimum atomic E-state index is 0.377. The van der Waals surface area contributed by atoms with Gasteiger partial charge in [0.05, 0.1) is 0 Å². The number of nitrogens with one attached hydrogen (secondary N) is 1. The van der Waals surface area contributed by atoms with Crippen LogP contribution in [0, 0.1) is 0 Å². The van der Waals surface area contributed by atoms with Gasteiger partial charge in [-0.15, -0.1) is 11.3 Å². The Labute approximate surface area is 95.9 Å². The van der Waals surface area contributed by atoms with Gasteiger partial charge in [0.15, 0.2) is 0 Å². The highest BCUT2D eigenvalue weighted by Gasteiger charge is 2.20. The SMILES string of the molecule is N[C@@H]1CCCC[C@@H]1NCCc1cccs1. The first-order chi connectivity index (χ1) is 7.36. The van der Waals surface area contributed by atoms with E-state index in [0.29, 0.717) is 12.1 Å². The molecule has 0 saturated heterocycles. The molecule has 0 amide bonds. The first-order valence-corrected chi connectivity index (χ1v) is 6.75. The van der Waals surface area contributed by atoms with Crippen LogP contribution in [0.4, 0.5) is 0 Å². The Hall–Kier alpha value is -0.380. The average molecular weight is 224 g/mol. The maximum atomic E-state index is 6.08. The molecule has 15 heavy (non-hydrogen) atoms. The van der Waals surface area contributed by atoms with Crippen LogP contribution >= 0.6 is 11.3 Å². The lowest BCUT2D eigenvalue weighted by Crippen LogP contribution is -2.47. The highest BCUT2D eigenvalue weighted by Crippen LogP contribution is 2.17. The van der Waals surface area contributed by atoms with Gasteiger partial charge in [-0.2, -0.15) is 0 Å². The van der Waals surface area contributed by atoms with Crippen molar-refractivity contribution < 1.29 is 0 Å². The van der Waals surface area contributed by atoms with Crippen molar-refractivity contribution in [3.8, 4) is 0 Å². The van der Waals surface area contributed by atoms with Crippen LogP contribution in [-0.2, 0) is 6.42 Å². The molecule has 0 spiro atoms. The minimum absolute atomic E-state index is 0.377. The molecular weight excluding hydrogens is 204 g/mol. The number of hydrogen-bond acceptors (Lipinski definition) is 3. The lowest BCUT2D eigenvalue weighted by atomic mass is 9.91. The van der Waals surface area contributed by atoms with Gasteiger partial charge in [0.2, 0.25) is 0 Å². The van der Waals surface area contributed by atoms with Gasteiger partial charge >= 0.3 is 0 Å². The van der Waals surface area contributed by atoms with Crippen LogP contribution in [0.15, 0.2) is 17.5 Å². The number of hydrogen-bond donors (Lipinski definition) is 2. The molecule has 3 heteroatoms. The van der Waals surface area contributed by atoms with E-state index in [4.69, 9.17) is 5.73 Å². The van der Waals surface area contributed by atoms with E-state index in [1.807, 2.05) is 11.3 Å². The normalized spacial score (nSPS) is 26.7. The Morgan fingerprint density at radius 3 is 3.00 bits per heavy atom. The first kappa shape index (κ1) is 11.1. The second-order valence-corrected chi connectivity index (χ2v) is 5.37. The summed E-state index contributed by atoms with van der Waals surface area (Å²) in [5.41, 5.74) is 6.08. The second-order valence-electron chi connectivity index (χ2n) is 4.34. The molecule has 1 saturated carbocycles. The standard InChI is InChI=1S/C12H20N2S/c13-11-5-1-2-6-12(11)14-8-7-10-4-3-9-15-10/h3-4,9,11-12,14H,1-2,5-8,13H2/t11-,12+/m1/s1. The van der Waals surface area contributed by atoms with E-state index in [9.17, 15) is 0 Å². The summed E-state index contributed by atoms with van der Waals surface area (Å²) in [5.74, 6) is 0. The average Bonchev–Trinajstić information content (AvgIpc) is 2.74. The number of nitrogens with two attached hydrogens (primary N) is 1. The largest absolute Gasteiger partial charge is 0.326 e. The number of thiophene rings is 1. The monoisotopic (exact) mass is 224 g/mol. The molecule has 0 aliphatic heterocycles. The van der Waals surface area contributed by atoms with Gasteiger partial charge in [0.25, 0.3) is 0 Å². The molecular formula is C12H20N2S. The molecule has 1 fully saturated rings. The smallest absolute Gasteiger partial charge is 0.0219 e. The fraction of sp³-hybridized carbons (Fsp3) is 0.667. The molecule has 2 nitrogen and oxygen atoms in total. The van der Waals surface area contributed by atoms with Crippen LogP contribution in [-0.4, -0.2) is 18.6 Å². The third-order valence-electron chi connectivity index (χ3n) is 3.18. The van der Waals surface area contributed by atoms with Crippen molar-refractivity contribution in [2.24, 2.45) is 5.73 Å². The Kier molecular flexibility index (Phi) is 4.18. The van der Waals surface area contributed by atoms with Crippen LogP contribution < -0.4 is 11.1 Å². The van der Waals surface area contributed by atoms with Crippen LogP contribution in [0.2, 0.25) is 0 Å². The maximum Gasteiger partial charge on any atom is 0.0219 e. The van der Waals surface area contributed by atoms with Crippen molar-refractivity contribution in [2.45, 2.75) is 44.2 Å². The Bertz CT molecular complexity index is 271. The van der Waals surface area contributed by atoms with E-state index >= 15 is 0 Å². The van der Waals surface area contributed by atoms with Gasteiger partial charge in [-0.25, -0.2) is 0 Å². The summed E-state index contributed by atoms with van der Waals surface area (Å²) >= 11 is 1.84. The third-order valence-corrected chi connectivity index (χ3v) is 4.11. The predicted octanol–water partition coefficient (Wildman–Crippen LogP) is 2.15. The van der Waals surface area contributed by atoms with Crippen molar-refractivity contribution in [1.82, 2.24) is 5.32 Å². The zero-order chi connectivity index (χ0) is 10.5. The van der Waals surface area contributed by atoms with Crippen molar-refractivity contribution >= 4 is 11.3 Å². The second kappa shape index (κ2) is 5.64. The summed E-state index contributed by atoms with van der Waals surface area (Å²) < 4.78 is 0. The van der Waals surface area contributed by atoms with Gasteiger partial charge in [-0.1, -0.05) is 18.9 Å². The minimum Gasteiger partial charge on any atom is -0.326 e. The molecule has 84 valence electrons. The fourth-order valence-electron chi connectivity index (χ4n) is 2.25. The summed E-state index contributed by atoms with van der Waals surface area (Å²) in [4.78, 5) is 1.46. The van der Waals surface area contributed by atoms with E-state index in [1.54, 1.807) is 0 Å². The molecule has 1 aromatic rings. The summed E-state index contributed by atoms with van der Waals surface area (Å²) in [5, 5.41) is 5.73. The predicted molar refractivity (Wildman–Crippen MR) is 66.3 cm³/mol. The summed E-state index contributed by atoms with van der Waals surface area (Å²) in [6, 6.07) is 5.25.